The number of nitrogens with two attached hydrogens (primary N) is 1. The van der Waals surface area contributed by atoms with Crippen LogP contribution in [0.2, 0.25) is 5.02 Å². The molecule has 4 heteroatoms. The van der Waals surface area contributed by atoms with Gasteiger partial charge in [-0.05, 0) is 24.6 Å². The zero-order valence-electron chi connectivity index (χ0n) is 8.47. The summed E-state index contributed by atoms with van der Waals surface area (Å²) in [7, 11) is 0. The molecule has 0 radical (unpaired) electrons. The topological polar surface area (TPSA) is 43.1 Å². The first-order valence-electron chi connectivity index (χ1n) is 4.81. The second kappa shape index (κ2) is 5.24. The van der Waals surface area contributed by atoms with Gasteiger partial charge in [0.15, 0.2) is 5.78 Å². The molecule has 0 aliphatic rings. The van der Waals surface area contributed by atoms with Crippen LogP contribution in [0.1, 0.15) is 30.1 Å². The first-order chi connectivity index (χ1) is 7.06. The number of halogens is 2. The zero-order valence-corrected chi connectivity index (χ0v) is 9.22. The lowest BCUT2D eigenvalue weighted by Crippen LogP contribution is -2.30. The zero-order chi connectivity index (χ0) is 11.4. The molecule has 0 heterocycles. The third-order valence-corrected chi connectivity index (χ3v) is 2.46. The Morgan fingerprint density at radius 1 is 1.60 bits per heavy atom. The lowest BCUT2D eigenvalue weighted by atomic mass is 10.0. The number of carbonyl (C=O) groups is 1. The molecule has 0 spiro atoms. The Labute approximate surface area is 93.2 Å². The number of hydrogen-bond donors (Lipinski definition) is 1. The molecule has 0 amide bonds. The van der Waals surface area contributed by atoms with E-state index in [1.165, 1.54) is 12.1 Å². The van der Waals surface area contributed by atoms with Gasteiger partial charge in [0.2, 0.25) is 0 Å². The van der Waals surface area contributed by atoms with E-state index in [0.717, 1.165) is 12.5 Å². The lowest BCUT2D eigenvalue weighted by molar-refractivity contribution is 0.0956. The highest BCUT2D eigenvalue weighted by Gasteiger charge is 2.18. The number of Topliss-reactive ketones (excluding diaryl/α,β-unsaturated/α-hetero) is 1. The van der Waals surface area contributed by atoms with Crippen LogP contribution < -0.4 is 5.73 Å². The monoisotopic (exact) mass is 229 g/mol. The largest absolute Gasteiger partial charge is 0.321 e. The second-order valence-corrected chi connectivity index (χ2v) is 3.79. The van der Waals surface area contributed by atoms with Crippen LogP contribution in [0.4, 0.5) is 4.39 Å². The quantitative estimate of drug-likeness (QED) is 0.807. The minimum absolute atomic E-state index is 0.164. The van der Waals surface area contributed by atoms with E-state index < -0.39 is 11.9 Å². The fourth-order valence-corrected chi connectivity index (χ4v) is 1.54. The number of carbonyl (C=O) groups excluding carboxylic acids is 1. The normalized spacial score (nSPS) is 12.5. The molecule has 1 unspecified atom stereocenters. The Bertz CT molecular complexity index is 368. The van der Waals surface area contributed by atoms with Crippen molar-refractivity contribution in [3.63, 3.8) is 0 Å². The minimum atomic E-state index is -0.603. The van der Waals surface area contributed by atoms with Crippen LogP contribution in [-0.4, -0.2) is 11.8 Å². The summed E-state index contributed by atoms with van der Waals surface area (Å²) in [5.74, 6) is -0.784. The Balaban J connectivity index is 2.95. The fourth-order valence-electron chi connectivity index (χ4n) is 1.33. The van der Waals surface area contributed by atoms with Crippen molar-refractivity contribution in [1.29, 1.82) is 0 Å². The number of rotatable bonds is 4. The molecule has 1 rings (SSSR count). The first kappa shape index (κ1) is 12.1. The highest BCUT2D eigenvalue weighted by atomic mass is 35.5. The average molecular weight is 230 g/mol. The van der Waals surface area contributed by atoms with Gasteiger partial charge in [-0.25, -0.2) is 4.39 Å². The molecule has 0 fully saturated rings. The van der Waals surface area contributed by atoms with E-state index in [0.29, 0.717) is 6.42 Å². The summed E-state index contributed by atoms with van der Waals surface area (Å²) in [6, 6.07) is 3.10. The third-order valence-electron chi connectivity index (χ3n) is 2.13. The van der Waals surface area contributed by atoms with Gasteiger partial charge in [-0.3, -0.25) is 4.79 Å². The van der Waals surface area contributed by atoms with Crippen LogP contribution in [-0.2, 0) is 0 Å². The molecule has 0 bridgehead atoms. The molecule has 0 aliphatic carbocycles. The Kier molecular flexibility index (Phi) is 4.24. The Morgan fingerprint density at radius 3 is 2.87 bits per heavy atom. The number of benzene rings is 1. The van der Waals surface area contributed by atoms with Gasteiger partial charge in [0.05, 0.1) is 11.1 Å². The van der Waals surface area contributed by atoms with Gasteiger partial charge in [-0.15, -0.1) is 0 Å². The van der Waals surface area contributed by atoms with E-state index >= 15 is 0 Å². The van der Waals surface area contributed by atoms with Crippen LogP contribution in [0.25, 0.3) is 0 Å². The summed E-state index contributed by atoms with van der Waals surface area (Å²) in [5.41, 5.74) is 5.81. The second-order valence-electron chi connectivity index (χ2n) is 3.38. The SMILES string of the molecule is CCCC(N)C(=O)c1cc(F)ccc1Cl. The molecule has 15 heavy (non-hydrogen) atoms. The van der Waals surface area contributed by atoms with Gasteiger partial charge >= 0.3 is 0 Å². The summed E-state index contributed by atoms with van der Waals surface area (Å²) in [5, 5.41) is 0.243. The van der Waals surface area contributed by atoms with E-state index in [-0.39, 0.29) is 16.4 Å². The van der Waals surface area contributed by atoms with Crippen molar-refractivity contribution >= 4 is 17.4 Å². The fraction of sp³-hybridized carbons (Fsp3) is 0.364. The minimum Gasteiger partial charge on any atom is -0.321 e. The standard InChI is InChI=1S/C11H13ClFNO/c1-2-3-10(14)11(15)8-6-7(13)4-5-9(8)12/h4-6,10H,2-3,14H2,1H3. The first-order valence-corrected chi connectivity index (χ1v) is 5.19. The molecule has 0 aliphatic heterocycles. The van der Waals surface area contributed by atoms with Crippen LogP contribution in [0, 0.1) is 5.82 Å². The van der Waals surface area contributed by atoms with E-state index in [2.05, 4.69) is 0 Å². The van der Waals surface area contributed by atoms with E-state index in [4.69, 9.17) is 17.3 Å². The van der Waals surface area contributed by atoms with Gasteiger partial charge < -0.3 is 5.73 Å². The molecular weight excluding hydrogens is 217 g/mol. The predicted molar refractivity (Wildman–Crippen MR) is 58.6 cm³/mol. The smallest absolute Gasteiger partial charge is 0.181 e. The highest BCUT2D eigenvalue weighted by molar-refractivity contribution is 6.34. The van der Waals surface area contributed by atoms with Crippen molar-refractivity contribution in [3.05, 3.63) is 34.6 Å². The maximum absolute atomic E-state index is 12.9. The predicted octanol–water partition coefficient (Wildman–Crippen LogP) is 2.79. The van der Waals surface area contributed by atoms with Gasteiger partial charge in [0, 0.05) is 5.56 Å². The van der Waals surface area contributed by atoms with Crippen molar-refractivity contribution < 1.29 is 9.18 Å². The van der Waals surface area contributed by atoms with Gasteiger partial charge in [-0.2, -0.15) is 0 Å². The van der Waals surface area contributed by atoms with E-state index in [1.54, 1.807) is 0 Å². The molecule has 2 nitrogen and oxygen atoms in total. The van der Waals surface area contributed by atoms with Crippen LogP contribution in [0.5, 0.6) is 0 Å². The molecule has 1 aromatic rings. The van der Waals surface area contributed by atoms with Crippen molar-refractivity contribution in [2.45, 2.75) is 25.8 Å². The summed E-state index contributed by atoms with van der Waals surface area (Å²) in [6.45, 7) is 1.93. The Hall–Kier alpha value is -0.930. The maximum atomic E-state index is 12.9. The average Bonchev–Trinajstić information content (AvgIpc) is 2.21. The molecule has 2 N–H and O–H groups in total. The van der Waals surface area contributed by atoms with Gasteiger partial charge in [-0.1, -0.05) is 24.9 Å². The summed E-state index contributed by atoms with van der Waals surface area (Å²) in [6.07, 6.45) is 1.38. The highest BCUT2D eigenvalue weighted by Crippen LogP contribution is 2.19. The number of hydrogen-bond acceptors (Lipinski definition) is 2. The summed E-state index contributed by atoms with van der Waals surface area (Å²) in [4.78, 5) is 11.7. The molecule has 1 atom stereocenters. The molecule has 0 saturated carbocycles. The van der Waals surface area contributed by atoms with E-state index in [9.17, 15) is 9.18 Å². The molecule has 82 valence electrons. The van der Waals surface area contributed by atoms with Crippen molar-refractivity contribution in [2.24, 2.45) is 5.73 Å². The molecule has 0 aromatic heterocycles. The molecule has 0 saturated heterocycles. The maximum Gasteiger partial charge on any atom is 0.181 e. The number of ketones is 1. The van der Waals surface area contributed by atoms with Crippen LogP contribution in [0.15, 0.2) is 18.2 Å². The van der Waals surface area contributed by atoms with Gasteiger partial charge in [0.25, 0.3) is 0 Å². The van der Waals surface area contributed by atoms with Crippen molar-refractivity contribution in [1.82, 2.24) is 0 Å². The molecule has 1 aromatic carbocycles. The Morgan fingerprint density at radius 2 is 2.27 bits per heavy atom. The van der Waals surface area contributed by atoms with E-state index in [1.807, 2.05) is 6.92 Å². The molecular formula is C11H13ClFNO. The lowest BCUT2D eigenvalue weighted by Gasteiger charge is -2.10. The van der Waals surface area contributed by atoms with Crippen molar-refractivity contribution in [2.75, 3.05) is 0 Å². The summed E-state index contributed by atoms with van der Waals surface area (Å²) >= 11 is 5.79. The third kappa shape index (κ3) is 3.01. The summed E-state index contributed by atoms with van der Waals surface area (Å²) < 4.78 is 12.9. The van der Waals surface area contributed by atoms with Crippen molar-refractivity contribution in [3.8, 4) is 0 Å². The van der Waals surface area contributed by atoms with Crippen LogP contribution in [0.3, 0.4) is 0 Å². The van der Waals surface area contributed by atoms with Crippen LogP contribution >= 0.6 is 11.6 Å². The van der Waals surface area contributed by atoms with Gasteiger partial charge in [0.1, 0.15) is 5.82 Å².